The van der Waals surface area contributed by atoms with Crippen molar-refractivity contribution in [1.82, 2.24) is 10.2 Å². The quantitative estimate of drug-likeness (QED) is 0.822. The molecule has 0 spiro atoms. The third-order valence-corrected chi connectivity index (χ3v) is 4.06. The van der Waals surface area contributed by atoms with Crippen molar-refractivity contribution in [2.45, 2.75) is 32.2 Å². The highest BCUT2D eigenvalue weighted by Gasteiger charge is 2.31. The van der Waals surface area contributed by atoms with E-state index in [4.69, 9.17) is 0 Å². The van der Waals surface area contributed by atoms with Gasteiger partial charge >= 0.3 is 0 Å². The van der Waals surface area contributed by atoms with E-state index in [0.717, 1.165) is 31.6 Å². The monoisotopic (exact) mass is 264 g/mol. The summed E-state index contributed by atoms with van der Waals surface area (Å²) in [5.41, 5.74) is 0.855. The van der Waals surface area contributed by atoms with Gasteiger partial charge in [0.25, 0.3) is 0 Å². The van der Waals surface area contributed by atoms with Crippen molar-refractivity contribution in [2.24, 2.45) is 5.92 Å². The van der Waals surface area contributed by atoms with Crippen LogP contribution in [0.1, 0.15) is 37.8 Å². The highest BCUT2D eigenvalue weighted by Crippen LogP contribution is 2.35. The first-order chi connectivity index (χ1) is 9.24. The third kappa shape index (κ3) is 3.54. The fraction of sp³-hybridized carbons (Fsp3) is 0.625. The van der Waals surface area contributed by atoms with Gasteiger partial charge in [0.05, 0.1) is 0 Å². The number of halogens is 1. The minimum atomic E-state index is -0.0678. The molecule has 0 amide bonds. The fourth-order valence-corrected chi connectivity index (χ4v) is 3.14. The molecular weight excluding hydrogens is 239 g/mol. The van der Waals surface area contributed by atoms with Crippen LogP contribution in [-0.2, 0) is 0 Å². The van der Waals surface area contributed by atoms with E-state index in [9.17, 15) is 4.39 Å². The van der Waals surface area contributed by atoms with Crippen LogP contribution in [0.25, 0.3) is 0 Å². The molecule has 0 aromatic heterocycles. The first-order valence-electron chi connectivity index (χ1n) is 7.39. The third-order valence-electron chi connectivity index (χ3n) is 4.06. The molecule has 1 aromatic carbocycles. The highest BCUT2D eigenvalue weighted by atomic mass is 19.1. The first kappa shape index (κ1) is 14.5. The molecule has 2 nitrogen and oxygen atoms in total. The Morgan fingerprint density at radius 2 is 2.16 bits per heavy atom. The van der Waals surface area contributed by atoms with E-state index in [1.165, 1.54) is 12.8 Å². The Morgan fingerprint density at radius 1 is 1.37 bits per heavy atom. The van der Waals surface area contributed by atoms with Gasteiger partial charge in [0.1, 0.15) is 5.82 Å². The van der Waals surface area contributed by atoms with Crippen LogP contribution in [0.4, 0.5) is 4.39 Å². The van der Waals surface area contributed by atoms with Crippen molar-refractivity contribution in [1.29, 1.82) is 0 Å². The zero-order valence-corrected chi connectivity index (χ0v) is 12.0. The molecule has 0 radical (unpaired) electrons. The largest absolute Gasteiger partial charge is 0.316 e. The minimum Gasteiger partial charge on any atom is -0.316 e. The molecule has 2 atom stereocenters. The van der Waals surface area contributed by atoms with Gasteiger partial charge in [-0.05, 0) is 57.9 Å². The van der Waals surface area contributed by atoms with Crippen molar-refractivity contribution in [3.05, 3.63) is 35.6 Å². The summed E-state index contributed by atoms with van der Waals surface area (Å²) in [7, 11) is 2.11. The van der Waals surface area contributed by atoms with E-state index in [-0.39, 0.29) is 11.9 Å². The van der Waals surface area contributed by atoms with Crippen LogP contribution in [0.3, 0.4) is 0 Å². The Labute approximate surface area is 116 Å². The van der Waals surface area contributed by atoms with E-state index in [1.54, 1.807) is 12.1 Å². The zero-order chi connectivity index (χ0) is 13.7. The molecule has 106 valence electrons. The minimum absolute atomic E-state index is 0.0678. The number of hydrogen-bond donors (Lipinski definition) is 1. The Kier molecular flexibility index (Phi) is 5.34. The molecule has 1 aliphatic heterocycles. The van der Waals surface area contributed by atoms with Gasteiger partial charge < -0.3 is 5.32 Å². The number of hydrogen-bond acceptors (Lipinski definition) is 2. The molecule has 3 heteroatoms. The Balaban J connectivity index is 2.14. The van der Waals surface area contributed by atoms with Crippen molar-refractivity contribution in [2.75, 3.05) is 26.7 Å². The van der Waals surface area contributed by atoms with Gasteiger partial charge in [0, 0.05) is 11.6 Å². The van der Waals surface area contributed by atoms with Gasteiger partial charge in [-0.2, -0.15) is 0 Å². The van der Waals surface area contributed by atoms with Crippen LogP contribution in [0.5, 0.6) is 0 Å². The van der Waals surface area contributed by atoms with E-state index in [0.29, 0.717) is 5.92 Å². The summed E-state index contributed by atoms with van der Waals surface area (Å²) in [6.45, 7) is 5.26. The van der Waals surface area contributed by atoms with Gasteiger partial charge in [-0.1, -0.05) is 25.1 Å². The van der Waals surface area contributed by atoms with Crippen molar-refractivity contribution in [3.63, 3.8) is 0 Å². The number of likely N-dealkylation sites (tertiary alicyclic amines) is 1. The molecule has 1 heterocycles. The number of piperidine rings is 1. The SMILES string of the molecule is CCCNCC1CCCN(C)C1c1ccccc1F. The summed E-state index contributed by atoms with van der Waals surface area (Å²) < 4.78 is 14.1. The first-order valence-corrected chi connectivity index (χ1v) is 7.39. The molecule has 0 aliphatic carbocycles. The summed E-state index contributed by atoms with van der Waals surface area (Å²) in [5.74, 6) is 0.434. The average Bonchev–Trinajstić information content (AvgIpc) is 2.41. The Bertz CT molecular complexity index is 394. The highest BCUT2D eigenvalue weighted by molar-refractivity contribution is 5.22. The number of nitrogens with one attached hydrogen (secondary N) is 1. The van der Waals surface area contributed by atoms with Gasteiger partial charge in [-0.15, -0.1) is 0 Å². The molecule has 19 heavy (non-hydrogen) atoms. The van der Waals surface area contributed by atoms with Crippen molar-refractivity contribution in [3.8, 4) is 0 Å². The maximum absolute atomic E-state index is 14.1. The predicted octanol–water partition coefficient (Wildman–Crippen LogP) is 3.21. The van der Waals surface area contributed by atoms with Gasteiger partial charge in [0.15, 0.2) is 0 Å². The maximum atomic E-state index is 14.1. The van der Waals surface area contributed by atoms with E-state index >= 15 is 0 Å². The molecule has 2 unspecified atom stereocenters. The summed E-state index contributed by atoms with van der Waals surface area (Å²) in [6.07, 6.45) is 3.53. The fourth-order valence-electron chi connectivity index (χ4n) is 3.14. The molecule has 2 rings (SSSR count). The van der Waals surface area contributed by atoms with Crippen LogP contribution >= 0.6 is 0 Å². The van der Waals surface area contributed by atoms with Crippen molar-refractivity contribution < 1.29 is 4.39 Å². The molecule has 1 aromatic rings. The van der Waals surface area contributed by atoms with Crippen molar-refractivity contribution >= 4 is 0 Å². The van der Waals surface area contributed by atoms with Gasteiger partial charge in [-0.25, -0.2) is 4.39 Å². The summed E-state index contributed by atoms with van der Waals surface area (Å²) in [6, 6.07) is 7.44. The van der Waals surface area contributed by atoms with Crippen LogP contribution in [-0.4, -0.2) is 31.6 Å². The lowest BCUT2D eigenvalue weighted by atomic mass is 9.84. The molecular formula is C16H25FN2. The lowest BCUT2D eigenvalue weighted by Gasteiger charge is -2.40. The molecule has 0 bridgehead atoms. The zero-order valence-electron chi connectivity index (χ0n) is 12.0. The average molecular weight is 264 g/mol. The smallest absolute Gasteiger partial charge is 0.127 e. The molecule has 1 saturated heterocycles. The van der Waals surface area contributed by atoms with Crippen LogP contribution in [0.15, 0.2) is 24.3 Å². The second-order valence-electron chi connectivity index (χ2n) is 5.55. The lowest BCUT2D eigenvalue weighted by Crippen LogP contribution is -2.41. The maximum Gasteiger partial charge on any atom is 0.127 e. The van der Waals surface area contributed by atoms with E-state index < -0.39 is 0 Å². The summed E-state index contributed by atoms with van der Waals surface area (Å²) in [5, 5.41) is 3.50. The van der Waals surface area contributed by atoms with Crippen LogP contribution in [0, 0.1) is 11.7 Å². The summed E-state index contributed by atoms with van der Waals surface area (Å²) in [4.78, 5) is 2.31. The molecule has 1 aliphatic rings. The van der Waals surface area contributed by atoms with E-state index in [2.05, 4.69) is 24.2 Å². The van der Waals surface area contributed by atoms with Gasteiger partial charge in [0.2, 0.25) is 0 Å². The van der Waals surface area contributed by atoms with E-state index in [1.807, 2.05) is 12.1 Å². The molecule has 1 N–H and O–H groups in total. The number of nitrogens with zero attached hydrogens (tertiary/aromatic N) is 1. The number of rotatable bonds is 5. The predicted molar refractivity (Wildman–Crippen MR) is 77.7 cm³/mol. The molecule has 0 saturated carbocycles. The topological polar surface area (TPSA) is 15.3 Å². The standard InChI is InChI=1S/C16H25FN2/c1-3-10-18-12-13-7-6-11-19(2)16(13)14-8-4-5-9-15(14)17/h4-5,8-9,13,16,18H,3,6-7,10-12H2,1-2H3. The normalized spacial score (nSPS) is 24.6. The Morgan fingerprint density at radius 3 is 2.89 bits per heavy atom. The summed E-state index contributed by atoms with van der Waals surface area (Å²) >= 11 is 0. The number of benzene rings is 1. The molecule has 1 fully saturated rings. The Hall–Kier alpha value is -0.930. The van der Waals surface area contributed by atoms with Crippen LogP contribution < -0.4 is 5.32 Å². The second-order valence-corrected chi connectivity index (χ2v) is 5.55. The van der Waals surface area contributed by atoms with Gasteiger partial charge in [-0.3, -0.25) is 4.90 Å². The van der Waals surface area contributed by atoms with Crippen LogP contribution in [0.2, 0.25) is 0 Å². The second kappa shape index (κ2) is 7.01. The lowest BCUT2D eigenvalue weighted by molar-refractivity contribution is 0.116.